The molecule has 0 spiro atoms. The standard InChI is InChI=1S/C28H25ClN2O3S2/c1-16-5-8-22(18(3)11-16)30-26(32)15-34-24-10-7-20(13-21(24)29)14-25-27(33)31(28(35)36-25)23-9-6-17(2)12-19(23)4/h5-14H,15H2,1-4H3,(H,30,32)/b25-14-. The van der Waals surface area contributed by atoms with Gasteiger partial charge in [-0.15, -0.1) is 0 Å². The minimum absolute atomic E-state index is 0.170. The van der Waals surface area contributed by atoms with Gasteiger partial charge in [0.2, 0.25) is 0 Å². The third-order valence-electron chi connectivity index (χ3n) is 5.66. The number of nitrogens with one attached hydrogen (secondary N) is 1. The van der Waals surface area contributed by atoms with Crippen molar-refractivity contribution in [3.8, 4) is 5.75 Å². The number of amides is 2. The Bertz CT molecular complexity index is 1420. The molecular formula is C28H25ClN2O3S2. The van der Waals surface area contributed by atoms with Crippen LogP contribution in [0.2, 0.25) is 5.02 Å². The van der Waals surface area contributed by atoms with Crippen LogP contribution in [-0.4, -0.2) is 22.7 Å². The number of anilines is 2. The van der Waals surface area contributed by atoms with Crippen molar-refractivity contribution in [1.29, 1.82) is 0 Å². The van der Waals surface area contributed by atoms with Crippen LogP contribution in [0.5, 0.6) is 5.75 Å². The lowest BCUT2D eigenvalue weighted by molar-refractivity contribution is -0.118. The Hall–Kier alpha value is -3.13. The number of benzene rings is 3. The molecule has 5 nitrogen and oxygen atoms in total. The Kier molecular flexibility index (Phi) is 7.83. The van der Waals surface area contributed by atoms with Crippen LogP contribution in [-0.2, 0) is 9.59 Å². The first-order valence-corrected chi connectivity index (χ1v) is 12.9. The molecule has 3 aromatic rings. The van der Waals surface area contributed by atoms with Gasteiger partial charge in [-0.3, -0.25) is 14.5 Å². The highest BCUT2D eigenvalue weighted by atomic mass is 35.5. The zero-order valence-electron chi connectivity index (χ0n) is 20.3. The zero-order chi connectivity index (χ0) is 26.0. The van der Waals surface area contributed by atoms with Gasteiger partial charge in [0.05, 0.1) is 15.6 Å². The largest absolute Gasteiger partial charge is 0.482 e. The van der Waals surface area contributed by atoms with Crippen LogP contribution < -0.4 is 15.0 Å². The van der Waals surface area contributed by atoms with E-state index in [2.05, 4.69) is 5.32 Å². The maximum atomic E-state index is 13.1. The van der Waals surface area contributed by atoms with E-state index in [1.54, 1.807) is 29.2 Å². The van der Waals surface area contributed by atoms with Gasteiger partial charge in [0, 0.05) is 5.69 Å². The van der Waals surface area contributed by atoms with Gasteiger partial charge in [-0.1, -0.05) is 77.0 Å². The number of nitrogens with zero attached hydrogens (tertiary/aromatic N) is 1. The summed E-state index contributed by atoms with van der Waals surface area (Å²) in [5.41, 5.74) is 6.47. The van der Waals surface area contributed by atoms with Gasteiger partial charge in [0.15, 0.2) is 10.9 Å². The van der Waals surface area contributed by atoms with Crippen LogP contribution in [0.15, 0.2) is 59.5 Å². The molecule has 0 saturated carbocycles. The van der Waals surface area contributed by atoms with E-state index in [1.165, 1.54) is 11.8 Å². The van der Waals surface area contributed by atoms with Gasteiger partial charge in [0.1, 0.15) is 5.75 Å². The third kappa shape index (κ3) is 5.81. The molecule has 8 heteroatoms. The summed E-state index contributed by atoms with van der Waals surface area (Å²) >= 11 is 13.2. The van der Waals surface area contributed by atoms with Crippen LogP contribution in [0.25, 0.3) is 6.08 Å². The monoisotopic (exact) mass is 536 g/mol. The highest BCUT2D eigenvalue weighted by molar-refractivity contribution is 8.27. The van der Waals surface area contributed by atoms with Gasteiger partial charge >= 0.3 is 0 Å². The fraction of sp³-hybridized carbons (Fsp3) is 0.179. The lowest BCUT2D eigenvalue weighted by atomic mass is 10.1. The summed E-state index contributed by atoms with van der Waals surface area (Å²) in [5.74, 6) is -0.0685. The van der Waals surface area contributed by atoms with E-state index in [0.717, 1.165) is 39.2 Å². The molecular weight excluding hydrogens is 512 g/mol. The van der Waals surface area contributed by atoms with Crippen LogP contribution in [0.3, 0.4) is 0 Å². The second-order valence-electron chi connectivity index (χ2n) is 8.65. The molecule has 3 aromatic carbocycles. The lowest BCUT2D eigenvalue weighted by Crippen LogP contribution is -2.28. The molecule has 184 valence electrons. The minimum atomic E-state index is -0.280. The van der Waals surface area contributed by atoms with Crippen LogP contribution in [0.4, 0.5) is 11.4 Å². The van der Waals surface area contributed by atoms with E-state index in [9.17, 15) is 9.59 Å². The number of aryl methyl sites for hydroxylation is 4. The van der Waals surface area contributed by atoms with Crippen LogP contribution >= 0.6 is 35.6 Å². The molecule has 1 saturated heterocycles. The predicted octanol–water partition coefficient (Wildman–Crippen LogP) is 7.00. The molecule has 0 aliphatic carbocycles. The van der Waals surface area contributed by atoms with Crippen molar-refractivity contribution in [2.45, 2.75) is 27.7 Å². The second-order valence-corrected chi connectivity index (χ2v) is 10.7. The molecule has 2 amide bonds. The number of ether oxygens (including phenoxy) is 1. The van der Waals surface area contributed by atoms with Crippen molar-refractivity contribution in [2.24, 2.45) is 0 Å². The fourth-order valence-electron chi connectivity index (χ4n) is 3.89. The number of hydrogen-bond donors (Lipinski definition) is 1. The van der Waals surface area contributed by atoms with E-state index in [0.29, 0.717) is 20.0 Å². The number of rotatable bonds is 6. The first kappa shape index (κ1) is 25.9. The van der Waals surface area contributed by atoms with Gasteiger partial charge in [-0.2, -0.15) is 0 Å². The quantitative estimate of drug-likeness (QED) is 0.271. The van der Waals surface area contributed by atoms with Gasteiger partial charge in [-0.25, -0.2) is 0 Å². The first-order valence-electron chi connectivity index (χ1n) is 11.3. The Morgan fingerprint density at radius 1 is 1.03 bits per heavy atom. The summed E-state index contributed by atoms with van der Waals surface area (Å²) in [7, 11) is 0. The highest BCUT2D eigenvalue weighted by Crippen LogP contribution is 2.38. The zero-order valence-corrected chi connectivity index (χ0v) is 22.7. The molecule has 0 atom stereocenters. The van der Waals surface area contributed by atoms with Crippen molar-refractivity contribution in [1.82, 2.24) is 0 Å². The summed E-state index contributed by atoms with van der Waals surface area (Å²) < 4.78 is 6.11. The molecule has 4 rings (SSSR count). The van der Waals surface area contributed by atoms with Gasteiger partial charge < -0.3 is 10.1 Å². The van der Waals surface area contributed by atoms with Gasteiger partial charge in [-0.05, 0) is 74.7 Å². The molecule has 0 unspecified atom stereocenters. The highest BCUT2D eigenvalue weighted by Gasteiger charge is 2.34. The maximum Gasteiger partial charge on any atom is 0.270 e. The normalized spacial score (nSPS) is 14.5. The maximum absolute atomic E-state index is 13.1. The topological polar surface area (TPSA) is 58.6 Å². The number of carbonyl (C=O) groups is 2. The third-order valence-corrected chi connectivity index (χ3v) is 7.25. The number of thiocarbonyl (C=S) groups is 1. The molecule has 36 heavy (non-hydrogen) atoms. The summed E-state index contributed by atoms with van der Waals surface area (Å²) in [5, 5.41) is 3.19. The average molecular weight is 537 g/mol. The molecule has 1 fully saturated rings. The van der Waals surface area contributed by atoms with Crippen molar-refractivity contribution in [3.63, 3.8) is 0 Å². The predicted molar refractivity (Wildman–Crippen MR) is 153 cm³/mol. The fourth-order valence-corrected chi connectivity index (χ4v) is 5.42. The Labute approximate surface area is 225 Å². The molecule has 0 bridgehead atoms. The minimum Gasteiger partial charge on any atom is -0.482 e. The first-order chi connectivity index (χ1) is 17.1. The number of hydrogen-bond acceptors (Lipinski definition) is 5. The molecule has 0 aromatic heterocycles. The molecule has 1 N–H and O–H groups in total. The van der Waals surface area contributed by atoms with Crippen molar-refractivity contribution >= 4 is 69.2 Å². The van der Waals surface area contributed by atoms with Crippen LogP contribution in [0, 0.1) is 27.7 Å². The molecule has 1 heterocycles. The average Bonchev–Trinajstić information content (AvgIpc) is 3.08. The lowest BCUT2D eigenvalue weighted by Gasteiger charge is -2.17. The smallest absolute Gasteiger partial charge is 0.270 e. The van der Waals surface area contributed by atoms with Crippen molar-refractivity contribution < 1.29 is 14.3 Å². The SMILES string of the molecule is Cc1ccc(NC(=O)COc2ccc(/C=C3\SC(=S)N(c4ccc(C)cc4C)C3=O)cc2Cl)c(C)c1. The number of halogens is 1. The van der Waals surface area contributed by atoms with Crippen molar-refractivity contribution in [2.75, 3.05) is 16.8 Å². The Morgan fingerprint density at radius 2 is 1.72 bits per heavy atom. The molecule has 1 aliphatic heterocycles. The second kappa shape index (κ2) is 10.9. The Balaban J connectivity index is 1.43. The van der Waals surface area contributed by atoms with E-state index >= 15 is 0 Å². The summed E-state index contributed by atoms with van der Waals surface area (Å²) in [6.45, 7) is 7.73. The number of thioether (sulfide) groups is 1. The van der Waals surface area contributed by atoms with E-state index in [4.69, 9.17) is 28.6 Å². The molecule has 0 radical (unpaired) electrons. The van der Waals surface area contributed by atoms with E-state index in [1.807, 2.05) is 64.1 Å². The molecule has 1 aliphatic rings. The van der Waals surface area contributed by atoms with E-state index in [-0.39, 0.29) is 18.4 Å². The number of carbonyl (C=O) groups excluding carboxylic acids is 2. The summed E-state index contributed by atoms with van der Waals surface area (Å²) in [6.07, 6.45) is 1.76. The summed E-state index contributed by atoms with van der Waals surface area (Å²) in [6, 6.07) is 16.9. The van der Waals surface area contributed by atoms with Crippen molar-refractivity contribution in [3.05, 3.63) is 92.3 Å². The Morgan fingerprint density at radius 3 is 2.39 bits per heavy atom. The van der Waals surface area contributed by atoms with Gasteiger partial charge in [0.25, 0.3) is 11.8 Å². The summed E-state index contributed by atoms with van der Waals surface area (Å²) in [4.78, 5) is 27.5. The van der Waals surface area contributed by atoms with Crippen LogP contribution in [0.1, 0.15) is 27.8 Å². The van der Waals surface area contributed by atoms with E-state index < -0.39 is 0 Å².